The van der Waals surface area contributed by atoms with Crippen molar-refractivity contribution < 1.29 is 24.2 Å². The van der Waals surface area contributed by atoms with Crippen LogP contribution in [0.1, 0.15) is 77.1 Å². The van der Waals surface area contributed by atoms with E-state index < -0.39 is 32.8 Å². The normalized spacial score (nSPS) is 30.9. The number of alkyl halides is 1. The third-order valence-electron chi connectivity index (χ3n) is 7.47. The Balaban J connectivity index is 1.86. The van der Waals surface area contributed by atoms with Gasteiger partial charge in [0.15, 0.2) is 5.78 Å². The number of esters is 1. The molecule has 1 fully saturated rings. The van der Waals surface area contributed by atoms with Crippen LogP contribution in [0.25, 0.3) is 0 Å². The fourth-order valence-corrected chi connectivity index (χ4v) is 7.61. The third kappa shape index (κ3) is 4.41. The fraction of sp³-hybridized carbons (Fsp3) is 0.600. The number of nitro groups is 2. The Kier molecular flexibility index (Phi) is 5.78. The number of ether oxygens (including phenoxy) is 1. The standard InChI is InChI=1S/C25H29BrN2O7/c1-22(2)9-17-19(18(29)10-22)25(12-23(3,4)11-24(5,13-25)20(17)26)35-21(30)14-6-15(27(31)32)8-16(7-14)28(33)34/h6-8,20H,9-13H2,1-5H3/t20-,24+,25+/m1/s1. The predicted octanol–water partition coefficient (Wildman–Crippen LogP) is 6.08. The van der Waals surface area contributed by atoms with Crippen molar-refractivity contribution in [3.8, 4) is 0 Å². The minimum absolute atomic E-state index is 0.0566. The monoisotopic (exact) mass is 548 g/mol. The number of ketones is 1. The van der Waals surface area contributed by atoms with E-state index in [0.29, 0.717) is 31.3 Å². The van der Waals surface area contributed by atoms with Crippen molar-refractivity contribution >= 4 is 39.1 Å². The number of nitro benzene ring substituents is 2. The van der Waals surface area contributed by atoms with Crippen LogP contribution < -0.4 is 0 Å². The first-order valence-electron chi connectivity index (χ1n) is 11.6. The molecule has 4 rings (SSSR count). The molecule has 1 aromatic rings. The molecular weight excluding hydrogens is 520 g/mol. The van der Waals surface area contributed by atoms with Gasteiger partial charge in [-0.15, -0.1) is 0 Å². The highest BCUT2D eigenvalue weighted by Gasteiger charge is 2.62. The second kappa shape index (κ2) is 7.94. The van der Waals surface area contributed by atoms with E-state index in [2.05, 4.69) is 36.7 Å². The van der Waals surface area contributed by atoms with Gasteiger partial charge >= 0.3 is 5.97 Å². The summed E-state index contributed by atoms with van der Waals surface area (Å²) in [5, 5.41) is 22.7. The molecule has 35 heavy (non-hydrogen) atoms. The Morgan fingerprint density at radius 2 is 1.51 bits per heavy atom. The molecule has 10 heteroatoms. The summed E-state index contributed by atoms with van der Waals surface area (Å²) in [7, 11) is 0. The van der Waals surface area contributed by atoms with Gasteiger partial charge in [-0.25, -0.2) is 4.79 Å². The van der Waals surface area contributed by atoms with E-state index in [4.69, 9.17) is 4.74 Å². The Hall–Kier alpha value is -2.62. The molecule has 0 saturated heterocycles. The first-order valence-corrected chi connectivity index (χ1v) is 12.5. The van der Waals surface area contributed by atoms with Crippen LogP contribution in [-0.4, -0.2) is 32.0 Å². The number of Topliss-reactive ketones (excluding diaryl/α,β-unsaturated/α-hetero) is 1. The van der Waals surface area contributed by atoms with Gasteiger partial charge in [0.1, 0.15) is 5.60 Å². The average Bonchev–Trinajstić information content (AvgIpc) is 2.68. The molecule has 9 nitrogen and oxygen atoms in total. The molecule has 0 spiro atoms. The molecular formula is C25H29BrN2O7. The van der Waals surface area contributed by atoms with Crippen LogP contribution in [0.3, 0.4) is 0 Å². The summed E-state index contributed by atoms with van der Waals surface area (Å²) in [5.74, 6) is -0.965. The van der Waals surface area contributed by atoms with Crippen LogP contribution in [-0.2, 0) is 9.53 Å². The molecule has 0 aliphatic heterocycles. The molecule has 1 saturated carbocycles. The lowest BCUT2D eigenvalue weighted by atomic mass is 9.49. The van der Waals surface area contributed by atoms with Crippen molar-refractivity contribution in [2.75, 3.05) is 0 Å². The number of carbonyl (C=O) groups is 2. The third-order valence-corrected chi connectivity index (χ3v) is 9.12. The number of benzene rings is 1. The van der Waals surface area contributed by atoms with Crippen molar-refractivity contribution in [2.24, 2.45) is 16.2 Å². The van der Waals surface area contributed by atoms with E-state index in [1.807, 2.05) is 13.8 Å². The molecule has 0 radical (unpaired) electrons. The zero-order valence-corrected chi connectivity index (χ0v) is 22.1. The van der Waals surface area contributed by atoms with Crippen molar-refractivity contribution in [2.45, 2.75) is 77.2 Å². The van der Waals surface area contributed by atoms with Gasteiger partial charge in [-0.05, 0) is 47.5 Å². The lowest BCUT2D eigenvalue weighted by Gasteiger charge is -2.60. The smallest absolute Gasteiger partial charge is 0.339 e. The number of fused-ring (bicyclic) bond motifs is 3. The van der Waals surface area contributed by atoms with Crippen molar-refractivity contribution in [1.82, 2.24) is 0 Å². The van der Waals surface area contributed by atoms with Crippen LogP contribution in [0.2, 0.25) is 0 Å². The summed E-state index contributed by atoms with van der Waals surface area (Å²) in [6.07, 6.45) is 2.70. The second-order valence-electron chi connectivity index (χ2n) is 12.2. The lowest BCUT2D eigenvalue weighted by molar-refractivity contribution is -0.394. The molecule has 0 N–H and O–H groups in total. The van der Waals surface area contributed by atoms with E-state index in [0.717, 1.165) is 30.2 Å². The number of non-ortho nitro benzene ring substituents is 2. The topological polar surface area (TPSA) is 130 Å². The summed E-state index contributed by atoms with van der Waals surface area (Å²) in [5.41, 5.74) is -1.95. The number of halogens is 1. The fourth-order valence-electron chi connectivity index (χ4n) is 6.90. The average molecular weight is 549 g/mol. The molecule has 3 aliphatic carbocycles. The van der Waals surface area contributed by atoms with Gasteiger partial charge in [0, 0.05) is 29.0 Å². The van der Waals surface area contributed by atoms with Gasteiger partial charge in [-0.1, -0.05) is 50.5 Å². The van der Waals surface area contributed by atoms with Gasteiger partial charge in [-0.2, -0.15) is 0 Å². The maximum absolute atomic E-state index is 13.6. The minimum Gasteiger partial charge on any atom is -0.450 e. The summed E-state index contributed by atoms with van der Waals surface area (Å²) < 4.78 is 6.18. The molecule has 2 bridgehead atoms. The zero-order chi connectivity index (χ0) is 26.1. The van der Waals surface area contributed by atoms with Crippen LogP contribution >= 0.6 is 15.9 Å². The number of hydrogen-bond donors (Lipinski definition) is 0. The zero-order valence-electron chi connectivity index (χ0n) is 20.5. The van der Waals surface area contributed by atoms with E-state index in [1.54, 1.807) is 0 Å². The Bertz CT molecular complexity index is 1170. The maximum Gasteiger partial charge on any atom is 0.339 e. The maximum atomic E-state index is 13.6. The first-order chi connectivity index (χ1) is 16.0. The molecule has 0 heterocycles. The number of hydrogen-bond acceptors (Lipinski definition) is 7. The molecule has 188 valence electrons. The molecule has 1 aromatic carbocycles. The summed E-state index contributed by atoms with van der Waals surface area (Å²) in [6.45, 7) is 10.4. The Morgan fingerprint density at radius 1 is 0.943 bits per heavy atom. The number of rotatable bonds is 4. The summed E-state index contributed by atoms with van der Waals surface area (Å²) >= 11 is 3.89. The number of carbonyl (C=O) groups excluding carboxylic acids is 2. The Morgan fingerprint density at radius 3 is 2.06 bits per heavy atom. The van der Waals surface area contributed by atoms with Crippen LogP contribution in [0.4, 0.5) is 11.4 Å². The van der Waals surface area contributed by atoms with Crippen LogP contribution in [0.5, 0.6) is 0 Å². The Labute approximate surface area is 211 Å². The summed E-state index contributed by atoms with van der Waals surface area (Å²) in [6, 6.07) is 2.77. The second-order valence-corrected chi connectivity index (χ2v) is 13.1. The van der Waals surface area contributed by atoms with Gasteiger partial charge in [0.05, 0.1) is 21.5 Å². The van der Waals surface area contributed by atoms with Gasteiger partial charge < -0.3 is 4.74 Å². The van der Waals surface area contributed by atoms with Gasteiger partial charge in [0.25, 0.3) is 11.4 Å². The highest BCUT2D eigenvalue weighted by molar-refractivity contribution is 9.09. The van der Waals surface area contributed by atoms with E-state index >= 15 is 0 Å². The lowest BCUT2D eigenvalue weighted by Crippen LogP contribution is -2.59. The highest BCUT2D eigenvalue weighted by Crippen LogP contribution is 2.64. The molecule has 0 amide bonds. The minimum atomic E-state index is -1.21. The van der Waals surface area contributed by atoms with Crippen molar-refractivity contribution in [1.29, 1.82) is 0 Å². The van der Waals surface area contributed by atoms with E-state index in [-0.39, 0.29) is 32.4 Å². The SMILES string of the molecule is CC1(C)CC(=O)C2=C(C1)[C@@H](Br)[C@@]1(C)CC(C)(C)C[C@]2(OC(=O)c2cc([N+](=O)[O-])cc([N+](=O)[O-])c2)C1. The molecule has 3 atom stereocenters. The van der Waals surface area contributed by atoms with Crippen LogP contribution in [0, 0.1) is 36.5 Å². The predicted molar refractivity (Wildman–Crippen MR) is 131 cm³/mol. The number of nitrogens with zero attached hydrogens (tertiary/aromatic N) is 2. The quantitative estimate of drug-likeness (QED) is 0.193. The van der Waals surface area contributed by atoms with Crippen molar-refractivity contribution in [3.63, 3.8) is 0 Å². The van der Waals surface area contributed by atoms with Crippen LogP contribution in [0.15, 0.2) is 29.3 Å². The van der Waals surface area contributed by atoms with E-state index in [9.17, 15) is 29.8 Å². The van der Waals surface area contributed by atoms with Crippen molar-refractivity contribution in [3.05, 3.63) is 55.1 Å². The first kappa shape index (κ1) is 25.5. The van der Waals surface area contributed by atoms with Gasteiger partial charge in [0.2, 0.25) is 0 Å². The van der Waals surface area contributed by atoms with E-state index in [1.165, 1.54) is 0 Å². The van der Waals surface area contributed by atoms with Gasteiger partial charge in [-0.3, -0.25) is 25.0 Å². The molecule has 0 unspecified atom stereocenters. The number of allylic oxidation sites excluding steroid dienone is 1. The largest absolute Gasteiger partial charge is 0.450 e. The highest BCUT2D eigenvalue weighted by atomic mass is 79.9. The molecule has 3 aliphatic rings. The summed E-state index contributed by atoms with van der Waals surface area (Å²) in [4.78, 5) is 48.1. The molecule has 0 aromatic heterocycles.